The van der Waals surface area contributed by atoms with Gasteiger partial charge in [0.2, 0.25) is 5.76 Å². The average Bonchev–Trinajstić information content (AvgIpc) is 2.80. The van der Waals surface area contributed by atoms with Gasteiger partial charge in [-0.2, -0.15) is 0 Å². The summed E-state index contributed by atoms with van der Waals surface area (Å²) in [7, 11) is 1.33. The largest absolute Gasteiger partial charge is 0.463 e. The van der Waals surface area contributed by atoms with Crippen molar-refractivity contribution in [3.63, 3.8) is 0 Å². The second-order valence-electron chi connectivity index (χ2n) is 3.53. The molecule has 0 unspecified atom stereocenters. The summed E-state index contributed by atoms with van der Waals surface area (Å²) in [5.41, 5.74) is 1.21. The molecule has 0 N–H and O–H groups in total. The molecule has 0 fully saturated rings. The van der Waals surface area contributed by atoms with Gasteiger partial charge in [0.25, 0.3) is 0 Å². The van der Waals surface area contributed by atoms with Gasteiger partial charge < -0.3 is 9.15 Å². The van der Waals surface area contributed by atoms with E-state index in [0.29, 0.717) is 5.09 Å². The Morgan fingerprint density at radius 3 is 2.53 bits per heavy atom. The number of benzene rings is 1. The molecule has 0 aliphatic carbocycles. The van der Waals surface area contributed by atoms with Crippen LogP contribution in [0, 0.1) is 6.92 Å². The lowest BCUT2D eigenvalue weighted by atomic mass is 10.2. The van der Waals surface area contributed by atoms with E-state index in [1.54, 1.807) is 12.1 Å². The summed E-state index contributed by atoms with van der Waals surface area (Å²) >= 11 is 1.47. The molecule has 0 aliphatic heterocycles. The normalized spacial score (nSPS) is 10.2. The van der Waals surface area contributed by atoms with Crippen LogP contribution in [0.15, 0.2) is 50.8 Å². The third-order valence-electron chi connectivity index (χ3n) is 2.21. The predicted molar refractivity (Wildman–Crippen MR) is 65.3 cm³/mol. The lowest BCUT2D eigenvalue weighted by Crippen LogP contribution is -1.97. The second kappa shape index (κ2) is 5.10. The molecular formula is C13H12O3S. The SMILES string of the molecule is COC(=O)c1ccc(Sc2ccc(C)cc2)o1. The quantitative estimate of drug-likeness (QED) is 0.779. The van der Waals surface area contributed by atoms with Crippen LogP contribution in [0.25, 0.3) is 0 Å². The maximum absolute atomic E-state index is 11.2. The maximum Gasteiger partial charge on any atom is 0.374 e. The van der Waals surface area contributed by atoms with E-state index in [0.717, 1.165) is 4.90 Å². The predicted octanol–water partition coefficient (Wildman–Crippen LogP) is 3.53. The summed E-state index contributed by atoms with van der Waals surface area (Å²) in [5, 5.41) is 0.675. The standard InChI is InChI=1S/C13H12O3S/c1-9-3-5-10(6-4-9)17-12-8-7-11(16-12)13(14)15-2/h3-8H,1-2H3. The van der Waals surface area contributed by atoms with Crippen molar-refractivity contribution in [2.75, 3.05) is 7.11 Å². The van der Waals surface area contributed by atoms with Gasteiger partial charge in [-0.3, -0.25) is 0 Å². The first-order valence-corrected chi connectivity index (χ1v) is 5.93. The molecule has 1 aromatic carbocycles. The number of hydrogen-bond acceptors (Lipinski definition) is 4. The van der Waals surface area contributed by atoms with Crippen LogP contribution >= 0.6 is 11.8 Å². The number of esters is 1. The van der Waals surface area contributed by atoms with Crippen molar-refractivity contribution in [1.82, 2.24) is 0 Å². The van der Waals surface area contributed by atoms with Gasteiger partial charge in [0.15, 0.2) is 5.09 Å². The maximum atomic E-state index is 11.2. The lowest BCUT2D eigenvalue weighted by Gasteiger charge is -1.98. The number of aryl methyl sites for hydroxylation is 1. The van der Waals surface area contributed by atoms with Crippen LogP contribution in [-0.2, 0) is 4.74 Å². The molecule has 88 valence electrons. The minimum atomic E-state index is -0.458. The molecule has 1 aromatic heterocycles. The zero-order valence-electron chi connectivity index (χ0n) is 9.60. The van der Waals surface area contributed by atoms with Gasteiger partial charge >= 0.3 is 5.97 Å². The minimum Gasteiger partial charge on any atom is -0.463 e. The summed E-state index contributed by atoms with van der Waals surface area (Å²) in [4.78, 5) is 12.3. The number of furan rings is 1. The first-order valence-electron chi connectivity index (χ1n) is 5.12. The third kappa shape index (κ3) is 2.91. The number of methoxy groups -OCH3 is 1. The van der Waals surface area contributed by atoms with Gasteiger partial charge in [0.1, 0.15) is 0 Å². The van der Waals surface area contributed by atoms with Gasteiger partial charge in [-0.1, -0.05) is 29.5 Å². The van der Waals surface area contributed by atoms with Gasteiger partial charge in [-0.25, -0.2) is 4.79 Å². The van der Waals surface area contributed by atoms with E-state index < -0.39 is 5.97 Å². The van der Waals surface area contributed by atoms with E-state index in [4.69, 9.17) is 4.42 Å². The Balaban J connectivity index is 2.11. The number of carbonyl (C=O) groups is 1. The zero-order valence-corrected chi connectivity index (χ0v) is 10.4. The molecule has 0 radical (unpaired) electrons. The van der Waals surface area contributed by atoms with Crippen molar-refractivity contribution in [3.8, 4) is 0 Å². The van der Waals surface area contributed by atoms with Crippen LogP contribution in [0.5, 0.6) is 0 Å². The van der Waals surface area contributed by atoms with Gasteiger partial charge in [-0.05, 0) is 31.2 Å². The molecule has 0 atom stereocenters. The number of ether oxygens (including phenoxy) is 1. The van der Waals surface area contributed by atoms with E-state index in [1.807, 2.05) is 31.2 Å². The summed E-state index contributed by atoms with van der Waals surface area (Å²) < 4.78 is 9.93. The number of hydrogen-bond donors (Lipinski definition) is 0. The molecule has 17 heavy (non-hydrogen) atoms. The van der Waals surface area contributed by atoms with Crippen LogP contribution in [0.3, 0.4) is 0 Å². The minimum absolute atomic E-state index is 0.224. The van der Waals surface area contributed by atoms with E-state index in [2.05, 4.69) is 4.74 Å². The van der Waals surface area contributed by atoms with Crippen LogP contribution in [0.1, 0.15) is 16.1 Å². The highest BCUT2D eigenvalue weighted by Crippen LogP contribution is 2.29. The van der Waals surface area contributed by atoms with E-state index in [9.17, 15) is 4.79 Å². The Hall–Kier alpha value is -1.68. The zero-order chi connectivity index (χ0) is 12.3. The Morgan fingerprint density at radius 1 is 1.18 bits per heavy atom. The van der Waals surface area contributed by atoms with Crippen molar-refractivity contribution in [1.29, 1.82) is 0 Å². The summed E-state index contributed by atoms with van der Waals surface area (Å²) in [5.74, 6) is -0.233. The lowest BCUT2D eigenvalue weighted by molar-refractivity contribution is 0.0559. The Bertz CT molecular complexity index is 514. The number of carbonyl (C=O) groups excluding carboxylic acids is 1. The van der Waals surface area contributed by atoms with E-state index >= 15 is 0 Å². The molecular weight excluding hydrogens is 236 g/mol. The summed E-state index contributed by atoms with van der Waals surface area (Å²) in [6.45, 7) is 2.04. The molecule has 4 heteroatoms. The average molecular weight is 248 g/mol. The van der Waals surface area contributed by atoms with Crippen molar-refractivity contribution < 1.29 is 13.9 Å². The molecule has 0 spiro atoms. The molecule has 2 aromatic rings. The van der Waals surface area contributed by atoms with Gasteiger partial charge in [-0.15, -0.1) is 0 Å². The van der Waals surface area contributed by atoms with Crippen molar-refractivity contribution in [3.05, 3.63) is 47.7 Å². The first kappa shape index (κ1) is 11.8. The molecule has 1 heterocycles. The monoisotopic (exact) mass is 248 g/mol. The first-order chi connectivity index (χ1) is 8.19. The van der Waals surface area contributed by atoms with Crippen molar-refractivity contribution >= 4 is 17.7 Å². The highest BCUT2D eigenvalue weighted by atomic mass is 32.2. The summed E-state index contributed by atoms with van der Waals surface area (Å²) in [6.07, 6.45) is 0. The Labute approximate surface area is 104 Å². The fraction of sp³-hybridized carbons (Fsp3) is 0.154. The van der Waals surface area contributed by atoms with E-state index in [1.165, 1.54) is 24.4 Å². The van der Waals surface area contributed by atoms with Crippen LogP contribution in [-0.4, -0.2) is 13.1 Å². The van der Waals surface area contributed by atoms with Crippen LogP contribution in [0.2, 0.25) is 0 Å². The molecule has 0 saturated carbocycles. The van der Waals surface area contributed by atoms with Crippen molar-refractivity contribution in [2.24, 2.45) is 0 Å². The highest BCUT2D eigenvalue weighted by molar-refractivity contribution is 7.99. The number of rotatable bonds is 3. The van der Waals surface area contributed by atoms with Crippen LogP contribution in [0.4, 0.5) is 0 Å². The fourth-order valence-corrected chi connectivity index (χ4v) is 2.08. The van der Waals surface area contributed by atoms with Gasteiger partial charge in [0, 0.05) is 4.90 Å². The Kier molecular flexibility index (Phi) is 3.54. The topological polar surface area (TPSA) is 39.4 Å². The molecule has 2 rings (SSSR count). The molecule has 0 amide bonds. The van der Waals surface area contributed by atoms with Gasteiger partial charge in [0.05, 0.1) is 7.11 Å². The van der Waals surface area contributed by atoms with E-state index in [-0.39, 0.29) is 5.76 Å². The van der Waals surface area contributed by atoms with Crippen molar-refractivity contribution in [2.45, 2.75) is 16.9 Å². The smallest absolute Gasteiger partial charge is 0.374 e. The highest BCUT2D eigenvalue weighted by Gasteiger charge is 2.11. The molecule has 3 nitrogen and oxygen atoms in total. The second-order valence-corrected chi connectivity index (χ2v) is 4.60. The summed E-state index contributed by atoms with van der Waals surface area (Å²) in [6, 6.07) is 11.5. The third-order valence-corrected chi connectivity index (χ3v) is 3.14. The van der Waals surface area contributed by atoms with Crippen LogP contribution < -0.4 is 0 Å². The Morgan fingerprint density at radius 2 is 1.88 bits per heavy atom. The molecule has 0 saturated heterocycles. The molecule has 0 bridgehead atoms. The molecule has 0 aliphatic rings. The fourth-order valence-electron chi connectivity index (χ4n) is 1.31.